The molecule has 110 valence electrons. The molecule has 20 heavy (non-hydrogen) atoms. The van der Waals surface area contributed by atoms with Crippen LogP contribution in [0.25, 0.3) is 0 Å². The highest BCUT2D eigenvalue weighted by Crippen LogP contribution is 2.25. The van der Waals surface area contributed by atoms with E-state index in [4.69, 9.17) is 0 Å². The molecule has 0 spiro atoms. The van der Waals surface area contributed by atoms with Gasteiger partial charge in [0.15, 0.2) is 0 Å². The van der Waals surface area contributed by atoms with E-state index in [1.165, 1.54) is 12.8 Å². The average Bonchev–Trinajstić information content (AvgIpc) is 3.29. The summed E-state index contributed by atoms with van der Waals surface area (Å²) in [7, 11) is 0. The first-order chi connectivity index (χ1) is 9.74. The Labute approximate surface area is 120 Å². The lowest BCUT2D eigenvalue weighted by Crippen LogP contribution is -2.36. The number of pyridine rings is 1. The summed E-state index contributed by atoms with van der Waals surface area (Å²) in [6, 6.07) is 4.40. The SMILES string of the molecule is CCNc1ccnc(C(=O)NCCN(CC)C2CC2)c1. The fraction of sp³-hybridized carbons (Fsp3) is 0.600. The molecule has 2 rings (SSSR count). The van der Waals surface area contributed by atoms with E-state index < -0.39 is 0 Å². The molecule has 0 unspecified atom stereocenters. The summed E-state index contributed by atoms with van der Waals surface area (Å²) >= 11 is 0. The molecule has 0 saturated heterocycles. The third kappa shape index (κ3) is 4.20. The van der Waals surface area contributed by atoms with Gasteiger partial charge in [-0.2, -0.15) is 0 Å². The Balaban J connectivity index is 1.80. The number of hydrogen-bond acceptors (Lipinski definition) is 4. The molecule has 0 atom stereocenters. The molecule has 1 saturated carbocycles. The van der Waals surface area contributed by atoms with E-state index in [0.717, 1.165) is 31.4 Å². The Kier molecular flexibility index (Phi) is 5.35. The summed E-state index contributed by atoms with van der Waals surface area (Å²) < 4.78 is 0. The van der Waals surface area contributed by atoms with Crippen LogP contribution >= 0.6 is 0 Å². The second-order valence-electron chi connectivity index (χ2n) is 5.08. The first-order valence-corrected chi connectivity index (χ1v) is 7.46. The van der Waals surface area contributed by atoms with Crippen molar-refractivity contribution < 1.29 is 4.79 Å². The lowest BCUT2D eigenvalue weighted by atomic mass is 10.3. The highest BCUT2D eigenvalue weighted by Gasteiger charge is 2.27. The number of aromatic nitrogens is 1. The van der Waals surface area contributed by atoms with Gasteiger partial charge >= 0.3 is 0 Å². The van der Waals surface area contributed by atoms with Gasteiger partial charge in [0, 0.05) is 37.6 Å². The highest BCUT2D eigenvalue weighted by atomic mass is 16.1. The number of nitrogens with zero attached hydrogens (tertiary/aromatic N) is 2. The lowest BCUT2D eigenvalue weighted by Gasteiger charge is -2.19. The Morgan fingerprint density at radius 2 is 2.25 bits per heavy atom. The second-order valence-corrected chi connectivity index (χ2v) is 5.08. The van der Waals surface area contributed by atoms with Crippen LogP contribution in [-0.2, 0) is 0 Å². The maximum Gasteiger partial charge on any atom is 0.269 e. The first kappa shape index (κ1) is 14.8. The Hall–Kier alpha value is -1.62. The van der Waals surface area contributed by atoms with Crippen molar-refractivity contribution in [2.45, 2.75) is 32.7 Å². The van der Waals surface area contributed by atoms with Crippen LogP contribution in [0.2, 0.25) is 0 Å². The standard InChI is InChI=1S/C15H24N4O/c1-3-16-12-7-8-17-14(11-12)15(20)18-9-10-19(4-2)13-5-6-13/h7-8,11,13H,3-6,9-10H2,1-2H3,(H,16,17)(H,18,20). The van der Waals surface area contributed by atoms with Crippen molar-refractivity contribution in [3.05, 3.63) is 24.0 Å². The number of anilines is 1. The fourth-order valence-electron chi connectivity index (χ4n) is 2.31. The second kappa shape index (κ2) is 7.24. The van der Waals surface area contributed by atoms with Crippen LogP contribution in [0.15, 0.2) is 18.3 Å². The summed E-state index contributed by atoms with van der Waals surface area (Å²) in [6.07, 6.45) is 4.26. The zero-order valence-electron chi connectivity index (χ0n) is 12.4. The van der Waals surface area contributed by atoms with Crippen LogP contribution in [0, 0.1) is 0 Å². The van der Waals surface area contributed by atoms with Crippen LogP contribution in [0.1, 0.15) is 37.2 Å². The minimum Gasteiger partial charge on any atom is -0.385 e. The lowest BCUT2D eigenvalue weighted by molar-refractivity contribution is 0.0943. The molecular weight excluding hydrogens is 252 g/mol. The number of nitrogens with one attached hydrogen (secondary N) is 2. The molecule has 0 aromatic carbocycles. The van der Waals surface area contributed by atoms with Gasteiger partial charge in [-0.05, 0) is 38.4 Å². The predicted molar refractivity (Wildman–Crippen MR) is 81.0 cm³/mol. The smallest absolute Gasteiger partial charge is 0.269 e. The minimum absolute atomic E-state index is 0.100. The van der Waals surface area contributed by atoms with Gasteiger partial charge in [0.1, 0.15) is 5.69 Å². The molecular formula is C15H24N4O. The van der Waals surface area contributed by atoms with Crippen molar-refractivity contribution in [3.63, 3.8) is 0 Å². The molecule has 1 aromatic rings. The van der Waals surface area contributed by atoms with Crippen molar-refractivity contribution in [1.29, 1.82) is 0 Å². The van der Waals surface area contributed by atoms with Gasteiger partial charge in [0.25, 0.3) is 5.91 Å². The van der Waals surface area contributed by atoms with Crippen molar-refractivity contribution in [2.75, 3.05) is 31.5 Å². The molecule has 1 aromatic heterocycles. The zero-order valence-corrected chi connectivity index (χ0v) is 12.4. The molecule has 1 aliphatic carbocycles. The van der Waals surface area contributed by atoms with E-state index in [1.54, 1.807) is 12.3 Å². The molecule has 2 N–H and O–H groups in total. The Bertz CT molecular complexity index is 445. The molecule has 1 amide bonds. The molecule has 5 nitrogen and oxygen atoms in total. The van der Waals surface area contributed by atoms with Gasteiger partial charge < -0.3 is 10.6 Å². The number of amides is 1. The van der Waals surface area contributed by atoms with Crippen LogP contribution in [0.3, 0.4) is 0 Å². The summed E-state index contributed by atoms with van der Waals surface area (Å²) in [5, 5.41) is 6.13. The largest absolute Gasteiger partial charge is 0.385 e. The van der Waals surface area contributed by atoms with Crippen molar-refractivity contribution in [1.82, 2.24) is 15.2 Å². The molecule has 1 fully saturated rings. The van der Waals surface area contributed by atoms with Gasteiger partial charge in [-0.15, -0.1) is 0 Å². The van der Waals surface area contributed by atoms with Crippen LogP contribution < -0.4 is 10.6 Å². The van der Waals surface area contributed by atoms with Crippen LogP contribution in [0.5, 0.6) is 0 Å². The third-order valence-electron chi connectivity index (χ3n) is 3.53. The number of carbonyl (C=O) groups excluding carboxylic acids is 1. The summed E-state index contributed by atoms with van der Waals surface area (Å²) in [6.45, 7) is 7.67. The van der Waals surface area contributed by atoms with Crippen molar-refractivity contribution >= 4 is 11.6 Å². The summed E-state index contributed by atoms with van der Waals surface area (Å²) in [4.78, 5) is 18.6. The quantitative estimate of drug-likeness (QED) is 0.759. The van der Waals surface area contributed by atoms with E-state index in [-0.39, 0.29) is 5.91 Å². The molecule has 1 aliphatic rings. The van der Waals surface area contributed by atoms with Gasteiger partial charge in [-0.25, -0.2) is 0 Å². The predicted octanol–water partition coefficient (Wildman–Crippen LogP) is 1.73. The summed E-state index contributed by atoms with van der Waals surface area (Å²) in [5.74, 6) is -0.100. The maximum atomic E-state index is 12.0. The van der Waals surface area contributed by atoms with Crippen LogP contribution in [-0.4, -0.2) is 48.0 Å². The average molecular weight is 276 g/mol. The van der Waals surface area contributed by atoms with Gasteiger partial charge in [0.05, 0.1) is 0 Å². The molecule has 5 heteroatoms. The van der Waals surface area contributed by atoms with Crippen molar-refractivity contribution in [3.8, 4) is 0 Å². The van der Waals surface area contributed by atoms with Gasteiger partial charge in [0.2, 0.25) is 0 Å². The van der Waals surface area contributed by atoms with Gasteiger partial charge in [-0.3, -0.25) is 14.7 Å². The summed E-state index contributed by atoms with van der Waals surface area (Å²) in [5.41, 5.74) is 1.40. The molecule has 0 bridgehead atoms. The number of hydrogen-bond donors (Lipinski definition) is 2. The first-order valence-electron chi connectivity index (χ1n) is 7.46. The Morgan fingerprint density at radius 3 is 2.90 bits per heavy atom. The van der Waals surface area contributed by atoms with E-state index >= 15 is 0 Å². The maximum absolute atomic E-state index is 12.0. The van der Waals surface area contributed by atoms with E-state index in [2.05, 4.69) is 27.4 Å². The van der Waals surface area contributed by atoms with E-state index in [0.29, 0.717) is 12.2 Å². The number of carbonyl (C=O) groups is 1. The van der Waals surface area contributed by atoms with Gasteiger partial charge in [-0.1, -0.05) is 6.92 Å². The van der Waals surface area contributed by atoms with Crippen LogP contribution in [0.4, 0.5) is 5.69 Å². The highest BCUT2D eigenvalue weighted by molar-refractivity contribution is 5.93. The van der Waals surface area contributed by atoms with E-state index in [9.17, 15) is 4.79 Å². The topological polar surface area (TPSA) is 57.3 Å². The number of rotatable bonds is 8. The fourth-order valence-corrected chi connectivity index (χ4v) is 2.31. The van der Waals surface area contributed by atoms with Crippen molar-refractivity contribution in [2.24, 2.45) is 0 Å². The number of likely N-dealkylation sites (N-methyl/N-ethyl adjacent to an activating group) is 1. The van der Waals surface area contributed by atoms with E-state index in [1.807, 2.05) is 13.0 Å². The monoisotopic (exact) mass is 276 g/mol. The molecule has 1 heterocycles. The Morgan fingerprint density at radius 1 is 1.45 bits per heavy atom. The minimum atomic E-state index is -0.100. The molecule has 0 radical (unpaired) electrons. The zero-order chi connectivity index (χ0) is 14.4. The molecule has 0 aliphatic heterocycles. The third-order valence-corrected chi connectivity index (χ3v) is 3.53. The normalized spacial score (nSPS) is 14.3.